The van der Waals surface area contributed by atoms with Crippen LogP contribution in [0.15, 0.2) is 36.4 Å². The highest BCUT2D eigenvalue weighted by Gasteiger charge is 2.18. The Morgan fingerprint density at radius 1 is 0.842 bits per heavy atom. The van der Waals surface area contributed by atoms with E-state index in [9.17, 15) is 0 Å². The highest BCUT2D eigenvalue weighted by atomic mass is 14.2. The van der Waals surface area contributed by atoms with E-state index in [4.69, 9.17) is 0 Å². The van der Waals surface area contributed by atoms with Gasteiger partial charge in [-0.3, -0.25) is 0 Å². The van der Waals surface area contributed by atoms with Gasteiger partial charge in [0.25, 0.3) is 0 Å². The molecule has 0 spiro atoms. The van der Waals surface area contributed by atoms with Crippen molar-refractivity contribution in [3.8, 4) is 0 Å². The van der Waals surface area contributed by atoms with Crippen molar-refractivity contribution >= 4 is 28.1 Å². The first-order valence-corrected chi connectivity index (χ1v) is 6.84. The van der Waals surface area contributed by atoms with Gasteiger partial charge in [-0.05, 0) is 50.2 Å². The quantitative estimate of drug-likeness (QED) is 0.539. The topological polar surface area (TPSA) is 0 Å². The molecule has 0 aliphatic rings. The zero-order chi connectivity index (χ0) is 13.8. The fourth-order valence-electron chi connectivity index (χ4n) is 3.06. The Morgan fingerprint density at radius 2 is 1.53 bits per heavy atom. The first kappa shape index (κ1) is 12.2. The molecule has 0 radical (unpaired) electrons. The van der Waals surface area contributed by atoms with Crippen molar-refractivity contribution in [1.82, 2.24) is 0 Å². The van der Waals surface area contributed by atoms with E-state index in [1.54, 1.807) is 0 Å². The molecule has 0 aromatic heterocycles. The molecule has 0 saturated carbocycles. The van der Waals surface area contributed by atoms with Crippen molar-refractivity contribution in [2.45, 2.75) is 33.1 Å². The Hall–Kier alpha value is -1.82. The molecule has 0 fully saturated rings. The molecule has 0 atom stereocenters. The lowest BCUT2D eigenvalue weighted by atomic mass is 9.81. The van der Waals surface area contributed by atoms with Crippen LogP contribution in [0.1, 0.15) is 31.9 Å². The first-order chi connectivity index (χ1) is 8.89. The van der Waals surface area contributed by atoms with E-state index in [2.05, 4.69) is 70.7 Å². The third kappa shape index (κ3) is 1.74. The zero-order valence-electron chi connectivity index (χ0n) is 12.2. The van der Waals surface area contributed by atoms with Crippen LogP contribution < -0.4 is 5.22 Å². The summed E-state index contributed by atoms with van der Waals surface area (Å²) in [5.41, 5.74) is 2.89. The second-order valence-corrected chi connectivity index (χ2v) is 6.49. The van der Waals surface area contributed by atoms with Crippen molar-refractivity contribution in [1.29, 1.82) is 0 Å². The zero-order valence-corrected chi connectivity index (χ0v) is 12.2. The van der Waals surface area contributed by atoms with Crippen molar-refractivity contribution in [2.24, 2.45) is 0 Å². The molecule has 0 heteroatoms. The molecule has 0 nitrogen and oxygen atoms in total. The third-order valence-corrected chi connectivity index (χ3v) is 4.02. The standard InChI is InChI=1S/C19H20/c1-12-6-8-14-9-11-16(19(3,4)5)15-10-7-13(2)17(12)18(14)15/h6-11H,2H2,1,3-5H3. The van der Waals surface area contributed by atoms with Gasteiger partial charge in [0.15, 0.2) is 0 Å². The molecule has 19 heavy (non-hydrogen) atoms. The van der Waals surface area contributed by atoms with Gasteiger partial charge < -0.3 is 0 Å². The van der Waals surface area contributed by atoms with Crippen LogP contribution in [0.25, 0.3) is 28.1 Å². The molecule has 0 amide bonds. The number of benzene rings is 3. The lowest BCUT2D eigenvalue weighted by Gasteiger charge is -2.23. The van der Waals surface area contributed by atoms with Crippen molar-refractivity contribution in [3.63, 3.8) is 0 Å². The van der Waals surface area contributed by atoms with E-state index in [0.29, 0.717) is 0 Å². The van der Waals surface area contributed by atoms with Crippen LogP contribution in [0.2, 0.25) is 0 Å². The Balaban J connectivity index is 2.63. The smallest absolute Gasteiger partial charge is 0.00274 e. The lowest BCUT2D eigenvalue weighted by Crippen LogP contribution is -2.13. The molecule has 0 aliphatic carbocycles. The van der Waals surface area contributed by atoms with Crippen LogP contribution in [0.5, 0.6) is 0 Å². The minimum atomic E-state index is 0.160. The Labute approximate surface area is 114 Å². The minimum Gasteiger partial charge on any atom is -0.0911 e. The van der Waals surface area contributed by atoms with Gasteiger partial charge in [0.05, 0.1) is 0 Å². The summed E-state index contributed by atoms with van der Waals surface area (Å²) in [5, 5.41) is 6.51. The maximum absolute atomic E-state index is 4.20. The van der Waals surface area contributed by atoms with Gasteiger partial charge in [0.2, 0.25) is 0 Å². The molecule has 0 unspecified atom stereocenters. The largest absolute Gasteiger partial charge is 0.0911 e. The SMILES string of the molecule is C=c1ccc2c(C(C)(C)C)ccc3ccc(C)c1c32. The normalized spacial score (nSPS) is 12.4. The summed E-state index contributed by atoms with van der Waals surface area (Å²) < 4.78 is 0. The average Bonchev–Trinajstić information content (AvgIpc) is 2.33. The molecule has 0 aliphatic heterocycles. The van der Waals surface area contributed by atoms with Gasteiger partial charge >= 0.3 is 0 Å². The Morgan fingerprint density at radius 3 is 2.21 bits per heavy atom. The van der Waals surface area contributed by atoms with Gasteiger partial charge in [-0.25, -0.2) is 0 Å². The van der Waals surface area contributed by atoms with Crippen molar-refractivity contribution in [3.05, 3.63) is 52.7 Å². The van der Waals surface area contributed by atoms with E-state index in [0.717, 1.165) is 5.22 Å². The Bertz CT molecular complexity index is 817. The second-order valence-electron chi connectivity index (χ2n) is 6.49. The number of hydrogen-bond donors (Lipinski definition) is 0. The van der Waals surface area contributed by atoms with Gasteiger partial charge in [0, 0.05) is 0 Å². The van der Waals surface area contributed by atoms with Crippen LogP contribution in [0.3, 0.4) is 0 Å². The maximum atomic E-state index is 4.20. The van der Waals surface area contributed by atoms with Gasteiger partial charge in [-0.2, -0.15) is 0 Å². The molecule has 3 aromatic rings. The predicted octanol–water partition coefficient (Wildman–Crippen LogP) is 4.73. The van der Waals surface area contributed by atoms with Crippen molar-refractivity contribution < 1.29 is 0 Å². The van der Waals surface area contributed by atoms with E-state index >= 15 is 0 Å². The van der Waals surface area contributed by atoms with Crippen LogP contribution in [-0.4, -0.2) is 0 Å². The number of aryl methyl sites for hydroxylation is 1. The van der Waals surface area contributed by atoms with Crippen molar-refractivity contribution in [2.75, 3.05) is 0 Å². The summed E-state index contributed by atoms with van der Waals surface area (Å²) in [7, 11) is 0. The lowest BCUT2D eigenvalue weighted by molar-refractivity contribution is 0.596. The maximum Gasteiger partial charge on any atom is -0.00274 e. The van der Waals surface area contributed by atoms with Crippen LogP contribution in [0, 0.1) is 6.92 Å². The fraction of sp³-hybridized carbons (Fsp3) is 0.263. The molecular formula is C19H20. The van der Waals surface area contributed by atoms with Gasteiger partial charge in [-0.1, -0.05) is 63.7 Å². The van der Waals surface area contributed by atoms with E-state index in [1.165, 1.54) is 32.7 Å². The molecule has 3 rings (SSSR count). The van der Waals surface area contributed by atoms with E-state index in [1.807, 2.05) is 0 Å². The molecule has 0 bridgehead atoms. The summed E-state index contributed by atoms with van der Waals surface area (Å²) in [5.74, 6) is 0. The van der Waals surface area contributed by atoms with Gasteiger partial charge in [-0.15, -0.1) is 0 Å². The average molecular weight is 248 g/mol. The molecule has 0 saturated heterocycles. The fourth-order valence-corrected chi connectivity index (χ4v) is 3.06. The predicted molar refractivity (Wildman–Crippen MR) is 85.6 cm³/mol. The third-order valence-electron chi connectivity index (χ3n) is 4.02. The summed E-state index contributed by atoms with van der Waals surface area (Å²) >= 11 is 0. The molecular weight excluding hydrogens is 228 g/mol. The molecule has 3 aromatic carbocycles. The summed E-state index contributed by atoms with van der Waals surface area (Å²) in [6, 6.07) is 13.3. The molecule has 96 valence electrons. The monoisotopic (exact) mass is 248 g/mol. The highest BCUT2D eigenvalue weighted by molar-refractivity contribution is 6.12. The minimum absolute atomic E-state index is 0.160. The van der Waals surface area contributed by atoms with E-state index in [-0.39, 0.29) is 5.41 Å². The summed E-state index contributed by atoms with van der Waals surface area (Å²) in [4.78, 5) is 0. The van der Waals surface area contributed by atoms with Crippen LogP contribution in [0.4, 0.5) is 0 Å². The highest BCUT2D eigenvalue weighted by Crippen LogP contribution is 2.34. The number of hydrogen-bond acceptors (Lipinski definition) is 0. The summed E-state index contributed by atoms with van der Waals surface area (Å²) in [6.07, 6.45) is 0. The number of rotatable bonds is 0. The second kappa shape index (κ2) is 3.84. The van der Waals surface area contributed by atoms with E-state index < -0.39 is 0 Å². The summed E-state index contributed by atoms with van der Waals surface area (Å²) in [6.45, 7) is 13.2. The first-order valence-electron chi connectivity index (χ1n) is 6.84. The van der Waals surface area contributed by atoms with Crippen LogP contribution in [-0.2, 0) is 5.41 Å². The molecule has 0 heterocycles. The molecule has 0 N–H and O–H groups in total. The Kier molecular flexibility index (Phi) is 2.47. The van der Waals surface area contributed by atoms with Gasteiger partial charge in [0.1, 0.15) is 0 Å². The van der Waals surface area contributed by atoms with Crippen LogP contribution >= 0.6 is 0 Å².